The maximum absolute atomic E-state index is 11.6. The van der Waals surface area contributed by atoms with Gasteiger partial charge in [-0.3, -0.25) is 0 Å². The van der Waals surface area contributed by atoms with Gasteiger partial charge in [-0.25, -0.2) is 8.42 Å². The van der Waals surface area contributed by atoms with Crippen molar-refractivity contribution in [2.24, 2.45) is 5.92 Å². The van der Waals surface area contributed by atoms with Crippen molar-refractivity contribution in [3.05, 3.63) is 28.8 Å². The van der Waals surface area contributed by atoms with Crippen molar-refractivity contribution in [1.82, 2.24) is 5.32 Å². The summed E-state index contributed by atoms with van der Waals surface area (Å²) < 4.78 is 23.1. The summed E-state index contributed by atoms with van der Waals surface area (Å²) in [7, 11) is -2.87. The third-order valence-corrected chi connectivity index (χ3v) is 5.60. The molecule has 1 aromatic carbocycles. The zero-order valence-corrected chi connectivity index (χ0v) is 14.2. The van der Waals surface area contributed by atoms with Gasteiger partial charge in [0.2, 0.25) is 0 Å². The molecule has 1 aliphatic rings. The van der Waals surface area contributed by atoms with Crippen molar-refractivity contribution in [1.29, 1.82) is 0 Å². The third kappa shape index (κ3) is 4.59. The van der Waals surface area contributed by atoms with E-state index in [0.29, 0.717) is 25.6 Å². The van der Waals surface area contributed by atoms with Crippen LogP contribution in [0.2, 0.25) is 5.02 Å². The Bertz CT molecular complexity index is 573. The first-order chi connectivity index (χ1) is 9.89. The van der Waals surface area contributed by atoms with Crippen molar-refractivity contribution >= 4 is 27.1 Å². The van der Waals surface area contributed by atoms with Gasteiger partial charge in [0.05, 0.1) is 11.5 Å². The highest BCUT2D eigenvalue weighted by Gasteiger charge is 2.23. The van der Waals surface area contributed by atoms with Crippen LogP contribution in [0.4, 0.5) is 5.69 Å². The molecule has 0 saturated carbocycles. The minimum absolute atomic E-state index is 0.221. The van der Waals surface area contributed by atoms with E-state index in [9.17, 15) is 8.42 Å². The molecular formula is C15H23ClN2O2S. The monoisotopic (exact) mass is 330 g/mol. The number of sulfone groups is 1. The van der Waals surface area contributed by atoms with Crippen LogP contribution in [-0.4, -0.2) is 39.6 Å². The van der Waals surface area contributed by atoms with Crippen LogP contribution in [0.3, 0.4) is 0 Å². The normalized spacial score (nSPS) is 18.2. The summed E-state index contributed by atoms with van der Waals surface area (Å²) in [5.41, 5.74) is 2.10. The highest BCUT2D eigenvalue weighted by molar-refractivity contribution is 7.91. The van der Waals surface area contributed by atoms with Crippen molar-refractivity contribution < 1.29 is 8.42 Å². The summed E-state index contributed by atoms with van der Waals surface area (Å²) >= 11 is 6.34. The van der Waals surface area contributed by atoms with Crippen LogP contribution < -0.4 is 10.2 Å². The summed E-state index contributed by atoms with van der Waals surface area (Å²) in [6, 6.07) is 5.83. The molecule has 1 fully saturated rings. The Morgan fingerprint density at radius 1 is 1.29 bits per heavy atom. The van der Waals surface area contributed by atoms with Crippen LogP contribution in [0.1, 0.15) is 19.4 Å². The molecule has 1 N–H and O–H groups in total. The standard InChI is InChI=1S/C15H23ClN2O2S/c1-12(2)10-17-11-13-14(16)4-3-5-15(13)18-6-8-21(19,20)9-7-18/h3-5,12,17H,6-11H2,1-2H3. The fourth-order valence-electron chi connectivity index (χ4n) is 2.46. The summed E-state index contributed by atoms with van der Waals surface area (Å²) in [5.74, 6) is 1.02. The molecule has 0 aromatic heterocycles. The Balaban J connectivity index is 2.13. The zero-order chi connectivity index (χ0) is 15.5. The predicted octanol–water partition coefficient (Wildman–Crippen LogP) is 2.32. The minimum atomic E-state index is -2.87. The Hall–Kier alpha value is -0.780. The number of hydrogen-bond acceptors (Lipinski definition) is 4. The van der Waals surface area contributed by atoms with E-state index in [1.54, 1.807) is 0 Å². The van der Waals surface area contributed by atoms with Crippen LogP contribution in [0.5, 0.6) is 0 Å². The van der Waals surface area contributed by atoms with E-state index in [0.717, 1.165) is 22.8 Å². The molecule has 1 heterocycles. The molecule has 0 bridgehead atoms. The predicted molar refractivity (Wildman–Crippen MR) is 88.9 cm³/mol. The van der Waals surface area contributed by atoms with E-state index in [-0.39, 0.29) is 11.5 Å². The molecule has 0 radical (unpaired) electrons. The minimum Gasteiger partial charge on any atom is -0.369 e. The molecule has 0 unspecified atom stereocenters. The van der Waals surface area contributed by atoms with Crippen molar-refractivity contribution in [3.63, 3.8) is 0 Å². The van der Waals surface area contributed by atoms with Crippen LogP contribution >= 0.6 is 11.6 Å². The highest BCUT2D eigenvalue weighted by Crippen LogP contribution is 2.28. The smallest absolute Gasteiger partial charge is 0.153 e. The van der Waals surface area contributed by atoms with Crippen molar-refractivity contribution in [3.8, 4) is 0 Å². The maximum atomic E-state index is 11.6. The van der Waals surface area contributed by atoms with Gasteiger partial charge in [0.25, 0.3) is 0 Å². The van der Waals surface area contributed by atoms with Gasteiger partial charge in [-0.05, 0) is 24.6 Å². The molecule has 21 heavy (non-hydrogen) atoms. The fourth-order valence-corrected chi connectivity index (χ4v) is 3.90. The molecule has 2 rings (SSSR count). The van der Waals surface area contributed by atoms with Gasteiger partial charge >= 0.3 is 0 Å². The maximum Gasteiger partial charge on any atom is 0.153 e. The van der Waals surface area contributed by atoms with Gasteiger partial charge in [-0.2, -0.15) is 0 Å². The Labute approximate surface area is 132 Å². The zero-order valence-electron chi connectivity index (χ0n) is 12.6. The average Bonchev–Trinajstić information content (AvgIpc) is 2.40. The molecule has 4 nitrogen and oxygen atoms in total. The summed E-state index contributed by atoms with van der Waals surface area (Å²) in [4.78, 5) is 2.12. The van der Waals surface area contributed by atoms with Crippen LogP contribution in [0, 0.1) is 5.92 Å². The lowest BCUT2D eigenvalue weighted by Crippen LogP contribution is -2.41. The average molecular weight is 331 g/mol. The van der Waals surface area contributed by atoms with Crippen LogP contribution in [0.15, 0.2) is 18.2 Å². The first-order valence-electron chi connectivity index (χ1n) is 7.32. The molecule has 0 amide bonds. The van der Waals surface area contributed by atoms with Crippen LogP contribution in [0.25, 0.3) is 0 Å². The topological polar surface area (TPSA) is 49.4 Å². The molecule has 118 valence electrons. The van der Waals surface area contributed by atoms with Gasteiger partial charge in [0, 0.05) is 35.9 Å². The molecule has 0 atom stereocenters. The van der Waals surface area contributed by atoms with Gasteiger partial charge in [-0.15, -0.1) is 0 Å². The Kier molecular flexibility index (Phi) is 5.52. The number of halogens is 1. The highest BCUT2D eigenvalue weighted by atomic mass is 35.5. The van der Waals surface area contributed by atoms with Crippen LogP contribution in [-0.2, 0) is 16.4 Å². The Morgan fingerprint density at radius 2 is 1.95 bits per heavy atom. The lowest BCUT2D eigenvalue weighted by Gasteiger charge is -2.31. The van der Waals surface area contributed by atoms with Gasteiger partial charge in [0.15, 0.2) is 9.84 Å². The molecule has 1 aliphatic heterocycles. The van der Waals surface area contributed by atoms with E-state index < -0.39 is 9.84 Å². The Morgan fingerprint density at radius 3 is 2.57 bits per heavy atom. The summed E-state index contributed by atoms with van der Waals surface area (Å²) in [6.45, 7) is 7.04. The number of hydrogen-bond donors (Lipinski definition) is 1. The lowest BCUT2D eigenvalue weighted by atomic mass is 10.1. The third-order valence-electron chi connectivity index (χ3n) is 3.63. The second-order valence-electron chi connectivity index (χ2n) is 5.90. The second kappa shape index (κ2) is 6.99. The van der Waals surface area contributed by atoms with Crippen molar-refractivity contribution in [2.75, 3.05) is 36.0 Å². The molecule has 0 spiro atoms. The van der Waals surface area contributed by atoms with E-state index >= 15 is 0 Å². The number of rotatable bonds is 5. The lowest BCUT2D eigenvalue weighted by molar-refractivity contribution is 0.551. The quantitative estimate of drug-likeness (QED) is 0.900. The fraction of sp³-hybridized carbons (Fsp3) is 0.600. The molecule has 6 heteroatoms. The molecule has 1 aromatic rings. The van der Waals surface area contributed by atoms with Gasteiger partial charge < -0.3 is 10.2 Å². The number of anilines is 1. The van der Waals surface area contributed by atoms with E-state index in [4.69, 9.17) is 11.6 Å². The molecule has 0 aliphatic carbocycles. The SMILES string of the molecule is CC(C)CNCc1c(Cl)cccc1N1CCS(=O)(=O)CC1. The largest absolute Gasteiger partial charge is 0.369 e. The number of benzene rings is 1. The van der Waals surface area contributed by atoms with Gasteiger partial charge in [-0.1, -0.05) is 31.5 Å². The van der Waals surface area contributed by atoms with Gasteiger partial charge in [0.1, 0.15) is 0 Å². The van der Waals surface area contributed by atoms with E-state index in [1.165, 1.54) is 0 Å². The van der Waals surface area contributed by atoms with E-state index in [1.807, 2.05) is 18.2 Å². The van der Waals surface area contributed by atoms with E-state index in [2.05, 4.69) is 24.1 Å². The number of nitrogens with zero attached hydrogens (tertiary/aromatic N) is 1. The van der Waals surface area contributed by atoms with Crippen molar-refractivity contribution in [2.45, 2.75) is 20.4 Å². The second-order valence-corrected chi connectivity index (χ2v) is 8.61. The molecular weight excluding hydrogens is 308 g/mol. The number of nitrogens with one attached hydrogen (secondary N) is 1. The molecule has 1 saturated heterocycles. The summed E-state index contributed by atoms with van der Waals surface area (Å²) in [5, 5.41) is 4.14. The first-order valence-corrected chi connectivity index (χ1v) is 9.52. The summed E-state index contributed by atoms with van der Waals surface area (Å²) in [6.07, 6.45) is 0. The first kappa shape index (κ1) is 16.6.